The summed E-state index contributed by atoms with van der Waals surface area (Å²) in [6, 6.07) is 6.17. The van der Waals surface area contributed by atoms with E-state index in [9.17, 15) is 22.4 Å². The molecule has 0 radical (unpaired) electrons. The lowest BCUT2D eigenvalue weighted by Crippen LogP contribution is -2.63. The van der Waals surface area contributed by atoms with Crippen molar-refractivity contribution >= 4 is 57.2 Å². The maximum atomic E-state index is 14.6. The Hall–Kier alpha value is -3.05. The maximum Gasteiger partial charge on any atom is 0.471 e. The van der Waals surface area contributed by atoms with E-state index in [1.54, 1.807) is 12.1 Å². The van der Waals surface area contributed by atoms with Crippen molar-refractivity contribution in [3.05, 3.63) is 46.5 Å². The number of methoxy groups -OCH3 is 1. The minimum Gasteiger partial charge on any atom is -0.495 e. The first-order chi connectivity index (χ1) is 17.1. The normalized spacial score (nSPS) is 21.2. The van der Waals surface area contributed by atoms with Crippen LogP contribution in [0.5, 0.6) is 5.75 Å². The third kappa shape index (κ3) is 4.34. The number of likely N-dealkylation sites (tertiary alicyclic amines) is 1. The van der Waals surface area contributed by atoms with Crippen LogP contribution in [0.1, 0.15) is 6.42 Å². The van der Waals surface area contributed by atoms with Crippen molar-refractivity contribution in [2.45, 2.75) is 18.6 Å². The Kier molecular flexibility index (Phi) is 6.24. The molecule has 1 saturated carbocycles. The van der Waals surface area contributed by atoms with E-state index in [0.29, 0.717) is 28.2 Å². The molecule has 36 heavy (non-hydrogen) atoms. The average Bonchev–Trinajstić information content (AvgIpc) is 2.86. The first-order valence-corrected chi connectivity index (χ1v) is 11.7. The minimum atomic E-state index is -4.88. The smallest absolute Gasteiger partial charge is 0.471 e. The van der Waals surface area contributed by atoms with Gasteiger partial charge in [-0.2, -0.15) is 13.2 Å². The summed E-state index contributed by atoms with van der Waals surface area (Å²) in [4.78, 5) is 21.0. The van der Waals surface area contributed by atoms with Crippen molar-refractivity contribution in [2.75, 3.05) is 30.8 Å². The number of alkyl halides is 3. The summed E-state index contributed by atoms with van der Waals surface area (Å²) in [5.74, 6) is -2.03. The molecular formula is C23H19Cl2F4N5O2. The van der Waals surface area contributed by atoms with Gasteiger partial charge in [0, 0.05) is 30.6 Å². The number of hydrogen-bond donors (Lipinski definition) is 2. The van der Waals surface area contributed by atoms with Gasteiger partial charge in [0.1, 0.15) is 17.9 Å². The van der Waals surface area contributed by atoms with Crippen LogP contribution in [0.2, 0.25) is 10.0 Å². The molecule has 7 nitrogen and oxygen atoms in total. The third-order valence-electron chi connectivity index (χ3n) is 6.63. The zero-order valence-electron chi connectivity index (χ0n) is 18.7. The topological polar surface area (TPSA) is 79.4 Å². The molecular weight excluding hydrogens is 525 g/mol. The predicted molar refractivity (Wildman–Crippen MR) is 127 cm³/mol. The molecule has 3 aromatic rings. The molecule has 2 aliphatic rings. The molecule has 0 spiro atoms. The van der Waals surface area contributed by atoms with Crippen LogP contribution in [0, 0.1) is 17.7 Å². The molecule has 0 unspecified atom stereocenters. The summed E-state index contributed by atoms with van der Waals surface area (Å²) in [5.41, 5.74) is 1.16. The summed E-state index contributed by atoms with van der Waals surface area (Å²) in [6.07, 6.45) is -2.84. The average molecular weight is 544 g/mol. The molecule has 2 heterocycles. The molecule has 190 valence electrons. The number of aromatic nitrogens is 2. The monoisotopic (exact) mass is 543 g/mol. The third-order valence-corrected chi connectivity index (χ3v) is 7.41. The number of amides is 1. The van der Waals surface area contributed by atoms with E-state index in [1.165, 1.54) is 25.6 Å². The molecule has 1 aliphatic carbocycles. The van der Waals surface area contributed by atoms with Crippen LogP contribution in [-0.2, 0) is 4.79 Å². The van der Waals surface area contributed by atoms with E-state index in [-0.39, 0.29) is 46.7 Å². The molecule has 3 atom stereocenters. The summed E-state index contributed by atoms with van der Waals surface area (Å²) >= 11 is 11.8. The zero-order chi connectivity index (χ0) is 25.8. The number of nitrogens with one attached hydrogen (secondary N) is 2. The highest BCUT2D eigenvalue weighted by atomic mass is 35.5. The van der Waals surface area contributed by atoms with Crippen LogP contribution >= 0.6 is 23.2 Å². The Bertz CT molecular complexity index is 1340. The molecule has 13 heteroatoms. The van der Waals surface area contributed by atoms with Gasteiger partial charge in [-0.1, -0.05) is 23.2 Å². The number of hydrogen-bond acceptors (Lipinski definition) is 6. The molecule has 1 aromatic heterocycles. The lowest BCUT2D eigenvalue weighted by atomic mass is 9.66. The van der Waals surface area contributed by atoms with E-state index in [0.717, 1.165) is 11.3 Å². The van der Waals surface area contributed by atoms with Gasteiger partial charge >= 0.3 is 12.1 Å². The fourth-order valence-electron chi connectivity index (χ4n) is 4.86. The van der Waals surface area contributed by atoms with Gasteiger partial charge in [0.15, 0.2) is 5.82 Å². The van der Waals surface area contributed by atoms with Gasteiger partial charge < -0.3 is 20.3 Å². The van der Waals surface area contributed by atoms with Crippen LogP contribution in [0.15, 0.2) is 30.6 Å². The number of nitrogens with zero attached hydrogens (tertiary/aromatic N) is 3. The number of halogens is 6. The fourth-order valence-corrected chi connectivity index (χ4v) is 5.17. The largest absolute Gasteiger partial charge is 0.495 e. The van der Waals surface area contributed by atoms with Crippen molar-refractivity contribution in [1.82, 2.24) is 14.9 Å². The zero-order valence-corrected chi connectivity index (χ0v) is 20.2. The van der Waals surface area contributed by atoms with Crippen LogP contribution in [0.25, 0.3) is 10.9 Å². The predicted octanol–water partition coefficient (Wildman–Crippen LogP) is 5.65. The highest BCUT2D eigenvalue weighted by Gasteiger charge is 2.52. The Balaban J connectivity index is 1.42. The minimum absolute atomic E-state index is 0.0227. The number of piperidine rings is 2. The SMILES string of the molecule is COc1cc2ncnc(Nc3ccc(Cl)c(Cl)c3F)c2cc1N[C@@H]1[C@@H]2C[C@H]1CN(C(=O)C(F)(F)F)C2. The van der Waals surface area contributed by atoms with Crippen molar-refractivity contribution in [2.24, 2.45) is 11.8 Å². The first-order valence-electron chi connectivity index (χ1n) is 10.9. The summed E-state index contributed by atoms with van der Waals surface area (Å²) in [6.45, 7) is 0.0455. The number of carbonyl (C=O) groups excluding carboxylic acids is 1. The molecule has 1 aliphatic heterocycles. The Morgan fingerprint density at radius 3 is 2.53 bits per heavy atom. The first kappa shape index (κ1) is 24.6. The molecule has 1 amide bonds. The van der Waals surface area contributed by atoms with E-state index in [1.807, 2.05) is 0 Å². The van der Waals surface area contributed by atoms with Crippen molar-refractivity contribution in [3.63, 3.8) is 0 Å². The quantitative estimate of drug-likeness (QED) is 0.320. The van der Waals surface area contributed by atoms with Gasteiger partial charge in [-0.05, 0) is 36.5 Å². The van der Waals surface area contributed by atoms with E-state index >= 15 is 0 Å². The van der Waals surface area contributed by atoms with Crippen LogP contribution < -0.4 is 15.4 Å². The van der Waals surface area contributed by atoms with Gasteiger partial charge in [-0.3, -0.25) is 4.79 Å². The molecule has 5 rings (SSSR count). The van der Waals surface area contributed by atoms with Gasteiger partial charge in [0.05, 0.1) is 34.0 Å². The molecule has 2 N–H and O–H groups in total. The molecule has 1 saturated heterocycles. The lowest BCUT2D eigenvalue weighted by Gasteiger charge is -2.54. The second-order valence-electron chi connectivity index (χ2n) is 8.77. The van der Waals surface area contributed by atoms with E-state index < -0.39 is 17.9 Å². The second kappa shape index (κ2) is 9.11. The number of carbonyl (C=O) groups is 1. The van der Waals surface area contributed by atoms with Crippen LogP contribution in [0.4, 0.5) is 34.8 Å². The maximum absolute atomic E-state index is 14.6. The van der Waals surface area contributed by atoms with Crippen LogP contribution in [0.3, 0.4) is 0 Å². The standard InChI is InChI=1S/C23H19Cl2F4N5O2/c1-36-17-6-15-12(21(31-9-30-15)33-14-3-2-13(24)18(25)19(14)26)5-16(17)32-20-10-4-11(20)8-34(7-10)22(35)23(27,28)29/h2-3,5-6,9-11,20,32H,4,7-8H2,1H3,(H,30,31,33)/t10-,11+,20-. The Morgan fingerprint density at radius 1 is 1.14 bits per heavy atom. The summed E-state index contributed by atoms with van der Waals surface area (Å²) in [5, 5.41) is 6.68. The van der Waals surface area contributed by atoms with Crippen molar-refractivity contribution in [1.29, 1.82) is 0 Å². The van der Waals surface area contributed by atoms with Crippen molar-refractivity contribution in [3.8, 4) is 5.75 Å². The number of rotatable bonds is 5. The Labute approximate surface area is 212 Å². The van der Waals surface area contributed by atoms with Gasteiger partial charge in [0.25, 0.3) is 0 Å². The second-order valence-corrected chi connectivity index (χ2v) is 9.56. The highest BCUT2D eigenvalue weighted by molar-refractivity contribution is 6.42. The number of benzene rings is 2. The highest BCUT2D eigenvalue weighted by Crippen LogP contribution is 2.44. The summed E-state index contributed by atoms with van der Waals surface area (Å²) in [7, 11) is 1.49. The number of ether oxygens (including phenoxy) is 1. The molecule has 2 aromatic carbocycles. The number of anilines is 3. The van der Waals surface area contributed by atoms with Crippen molar-refractivity contribution < 1.29 is 27.1 Å². The lowest BCUT2D eigenvalue weighted by molar-refractivity contribution is -0.191. The van der Waals surface area contributed by atoms with E-state index in [2.05, 4.69) is 20.6 Å². The summed E-state index contributed by atoms with van der Waals surface area (Å²) < 4.78 is 58.7. The van der Waals surface area contributed by atoms with Gasteiger partial charge in [0.2, 0.25) is 0 Å². The van der Waals surface area contributed by atoms with Crippen LogP contribution in [-0.4, -0.2) is 53.2 Å². The van der Waals surface area contributed by atoms with Gasteiger partial charge in [-0.15, -0.1) is 0 Å². The number of fused-ring (bicyclic) bond motifs is 3. The Morgan fingerprint density at radius 2 is 1.86 bits per heavy atom. The van der Waals surface area contributed by atoms with E-state index in [4.69, 9.17) is 27.9 Å². The van der Waals surface area contributed by atoms with Gasteiger partial charge in [-0.25, -0.2) is 14.4 Å². The molecule has 2 bridgehead atoms. The molecule has 2 fully saturated rings. The fraction of sp³-hybridized carbons (Fsp3) is 0.348.